The molecule has 0 atom stereocenters. The predicted molar refractivity (Wildman–Crippen MR) is 116 cm³/mol. The van der Waals surface area contributed by atoms with E-state index in [9.17, 15) is 4.79 Å². The number of rotatable bonds is 5. The molecule has 5 heteroatoms. The molecular formula is C24H34N4O+2. The number of carbonyl (C=O) groups excluding carboxylic acids is 1. The molecule has 0 bridgehead atoms. The molecule has 154 valence electrons. The number of nitrogens with zero attached hydrogens (tertiary/aromatic N) is 2. The minimum atomic E-state index is 0.329. The van der Waals surface area contributed by atoms with Crippen LogP contribution in [-0.4, -0.2) is 69.7 Å². The highest BCUT2D eigenvalue weighted by molar-refractivity contribution is 5.77. The van der Waals surface area contributed by atoms with Gasteiger partial charge in [-0.1, -0.05) is 48.0 Å². The van der Waals surface area contributed by atoms with Crippen molar-refractivity contribution in [2.45, 2.75) is 13.5 Å². The molecule has 2 aromatic carbocycles. The molecule has 0 unspecified atom stereocenters. The average molecular weight is 395 g/mol. The summed E-state index contributed by atoms with van der Waals surface area (Å²) in [7, 11) is 0. The molecule has 2 N–H and O–H groups in total. The molecule has 2 aliphatic rings. The molecule has 0 aliphatic carbocycles. The van der Waals surface area contributed by atoms with Crippen molar-refractivity contribution in [1.29, 1.82) is 0 Å². The van der Waals surface area contributed by atoms with Crippen LogP contribution in [0.2, 0.25) is 0 Å². The molecule has 5 nitrogen and oxygen atoms in total. The van der Waals surface area contributed by atoms with Crippen LogP contribution in [0, 0.1) is 6.92 Å². The fourth-order valence-corrected chi connectivity index (χ4v) is 4.60. The van der Waals surface area contributed by atoms with Crippen LogP contribution in [0.15, 0.2) is 54.6 Å². The summed E-state index contributed by atoms with van der Waals surface area (Å²) in [6.45, 7) is 11.9. The van der Waals surface area contributed by atoms with Crippen LogP contribution >= 0.6 is 0 Å². The Morgan fingerprint density at radius 2 is 1.55 bits per heavy atom. The largest absolute Gasteiger partial charge is 0.368 e. The first-order valence-corrected chi connectivity index (χ1v) is 11.0. The van der Waals surface area contributed by atoms with Crippen LogP contribution in [0.25, 0.3) is 0 Å². The van der Waals surface area contributed by atoms with Gasteiger partial charge in [-0.25, -0.2) is 0 Å². The van der Waals surface area contributed by atoms with Crippen LogP contribution < -0.4 is 14.7 Å². The van der Waals surface area contributed by atoms with Crippen LogP contribution in [0.1, 0.15) is 11.1 Å². The first-order valence-electron chi connectivity index (χ1n) is 11.0. The summed E-state index contributed by atoms with van der Waals surface area (Å²) < 4.78 is 0. The highest BCUT2D eigenvalue weighted by Gasteiger charge is 2.28. The number of piperazine rings is 2. The van der Waals surface area contributed by atoms with Gasteiger partial charge in [0.15, 0.2) is 6.54 Å². The van der Waals surface area contributed by atoms with Crippen molar-refractivity contribution >= 4 is 11.6 Å². The van der Waals surface area contributed by atoms with Crippen LogP contribution in [0.4, 0.5) is 5.69 Å². The van der Waals surface area contributed by atoms with Crippen molar-refractivity contribution in [3.63, 3.8) is 0 Å². The van der Waals surface area contributed by atoms with E-state index in [1.54, 1.807) is 4.90 Å². The Kier molecular flexibility index (Phi) is 6.47. The number of benzene rings is 2. The second-order valence-corrected chi connectivity index (χ2v) is 8.55. The molecular weight excluding hydrogens is 360 g/mol. The fourth-order valence-electron chi connectivity index (χ4n) is 4.60. The minimum Gasteiger partial charge on any atom is -0.368 e. The number of nitrogens with one attached hydrogen (secondary N) is 2. The summed E-state index contributed by atoms with van der Waals surface area (Å²) in [4.78, 5) is 20.3. The number of anilines is 1. The van der Waals surface area contributed by atoms with Crippen LogP contribution in [-0.2, 0) is 11.3 Å². The van der Waals surface area contributed by atoms with Gasteiger partial charge in [0.2, 0.25) is 0 Å². The first kappa shape index (κ1) is 19.9. The van der Waals surface area contributed by atoms with E-state index < -0.39 is 0 Å². The van der Waals surface area contributed by atoms with Gasteiger partial charge >= 0.3 is 0 Å². The molecule has 1 amide bonds. The average Bonchev–Trinajstić information content (AvgIpc) is 2.76. The first-order chi connectivity index (χ1) is 14.2. The lowest BCUT2D eigenvalue weighted by atomic mass is 10.1. The molecule has 0 spiro atoms. The van der Waals surface area contributed by atoms with Gasteiger partial charge in [0.25, 0.3) is 5.91 Å². The fraction of sp³-hybridized carbons (Fsp3) is 0.458. The maximum Gasteiger partial charge on any atom is 0.277 e. The Balaban J connectivity index is 1.19. The third-order valence-electron chi connectivity index (χ3n) is 6.36. The van der Waals surface area contributed by atoms with Crippen molar-refractivity contribution in [1.82, 2.24) is 4.90 Å². The molecule has 2 aliphatic heterocycles. The Morgan fingerprint density at radius 3 is 2.24 bits per heavy atom. The zero-order valence-electron chi connectivity index (χ0n) is 17.6. The SMILES string of the molecule is Cc1cccc(C[NH+]2CC[NH+](CC(=O)N3CCN(c4ccccc4)CC3)CC2)c1. The lowest BCUT2D eigenvalue weighted by molar-refractivity contribution is -1.02. The smallest absolute Gasteiger partial charge is 0.277 e. The Morgan fingerprint density at radius 1 is 0.862 bits per heavy atom. The third-order valence-corrected chi connectivity index (χ3v) is 6.36. The monoisotopic (exact) mass is 394 g/mol. The van der Waals surface area contributed by atoms with Crippen molar-refractivity contribution in [3.8, 4) is 0 Å². The van der Waals surface area contributed by atoms with Crippen molar-refractivity contribution < 1.29 is 14.6 Å². The highest BCUT2D eigenvalue weighted by Crippen LogP contribution is 2.15. The van der Waals surface area contributed by atoms with Crippen molar-refractivity contribution in [2.75, 3.05) is 63.8 Å². The van der Waals surface area contributed by atoms with E-state index >= 15 is 0 Å². The molecule has 2 aromatic rings. The van der Waals surface area contributed by atoms with Gasteiger partial charge < -0.3 is 19.6 Å². The molecule has 0 aromatic heterocycles. The van der Waals surface area contributed by atoms with Crippen molar-refractivity contribution in [2.24, 2.45) is 0 Å². The Bertz CT molecular complexity index is 794. The number of aryl methyl sites for hydroxylation is 1. The van der Waals surface area contributed by atoms with E-state index in [1.165, 1.54) is 21.7 Å². The molecule has 29 heavy (non-hydrogen) atoms. The molecule has 4 rings (SSSR count). The summed E-state index contributed by atoms with van der Waals surface area (Å²) in [6, 6.07) is 19.4. The van der Waals surface area contributed by atoms with Gasteiger partial charge in [-0.3, -0.25) is 4.79 Å². The number of carbonyl (C=O) groups is 1. The van der Waals surface area contributed by atoms with E-state index in [-0.39, 0.29) is 0 Å². The minimum absolute atomic E-state index is 0.329. The maximum atomic E-state index is 12.8. The van der Waals surface area contributed by atoms with Gasteiger partial charge in [0.05, 0.1) is 0 Å². The lowest BCUT2D eigenvalue weighted by Crippen LogP contribution is -3.28. The molecule has 2 fully saturated rings. The summed E-state index contributed by atoms with van der Waals surface area (Å²) in [6.07, 6.45) is 0. The van der Waals surface area contributed by atoms with E-state index in [0.717, 1.165) is 58.9 Å². The van der Waals surface area contributed by atoms with Gasteiger partial charge in [0, 0.05) is 37.4 Å². The van der Waals surface area contributed by atoms with E-state index in [0.29, 0.717) is 12.5 Å². The number of para-hydroxylation sites is 1. The number of amides is 1. The molecule has 2 saturated heterocycles. The normalized spacial score (nSPS) is 22.5. The molecule has 2 heterocycles. The number of hydrogen-bond donors (Lipinski definition) is 2. The number of quaternary nitrogens is 2. The van der Waals surface area contributed by atoms with Crippen LogP contribution in [0.5, 0.6) is 0 Å². The van der Waals surface area contributed by atoms with Crippen LogP contribution in [0.3, 0.4) is 0 Å². The summed E-state index contributed by atoms with van der Waals surface area (Å²) >= 11 is 0. The van der Waals surface area contributed by atoms with Gasteiger partial charge in [-0.05, 0) is 19.1 Å². The lowest BCUT2D eigenvalue weighted by Gasteiger charge is -2.37. The Labute approximate surface area is 174 Å². The summed E-state index contributed by atoms with van der Waals surface area (Å²) in [5.74, 6) is 0.329. The maximum absolute atomic E-state index is 12.8. The van der Waals surface area contributed by atoms with Crippen molar-refractivity contribution in [3.05, 3.63) is 65.7 Å². The highest BCUT2D eigenvalue weighted by atomic mass is 16.2. The van der Waals surface area contributed by atoms with E-state index in [2.05, 4.69) is 71.3 Å². The Hall–Kier alpha value is -2.37. The van der Waals surface area contributed by atoms with E-state index in [4.69, 9.17) is 0 Å². The standard InChI is InChI=1S/C24H32N4O/c1-21-6-5-7-22(18-21)19-25-10-12-26(13-11-25)20-24(29)28-16-14-27(15-17-28)23-8-3-2-4-9-23/h2-9,18H,10-17,19-20H2,1H3/p+2. The zero-order valence-corrected chi connectivity index (χ0v) is 17.6. The predicted octanol–water partition coefficient (Wildman–Crippen LogP) is -0.373. The molecule has 0 saturated carbocycles. The summed E-state index contributed by atoms with van der Waals surface area (Å²) in [5.41, 5.74) is 4.03. The topological polar surface area (TPSA) is 32.4 Å². The van der Waals surface area contributed by atoms with E-state index in [1.807, 2.05) is 0 Å². The zero-order chi connectivity index (χ0) is 20.1. The van der Waals surface area contributed by atoms with Gasteiger partial charge in [-0.15, -0.1) is 0 Å². The number of hydrogen-bond acceptors (Lipinski definition) is 2. The second-order valence-electron chi connectivity index (χ2n) is 8.55. The molecule has 0 radical (unpaired) electrons. The summed E-state index contributed by atoms with van der Waals surface area (Å²) in [5, 5.41) is 0. The second kappa shape index (κ2) is 9.42. The van der Waals surface area contributed by atoms with Gasteiger partial charge in [0.1, 0.15) is 32.7 Å². The van der Waals surface area contributed by atoms with Gasteiger partial charge in [-0.2, -0.15) is 0 Å². The quantitative estimate of drug-likeness (QED) is 0.725. The third kappa shape index (κ3) is 5.37.